The van der Waals surface area contributed by atoms with E-state index in [9.17, 15) is 10.1 Å². The number of nitrogens with zero attached hydrogens (tertiary/aromatic N) is 1. The molecular formula is C13H12ClNO3. The number of hydrogen-bond acceptors (Lipinski definition) is 3. The van der Waals surface area contributed by atoms with Crippen molar-refractivity contribution >= 4 is 17.5 Å². The van der Waals surface area contributed by atoms with Crippen molar-refractivity contribution in [3.05, 3.63) is 62.9 Å². The number of aryl methyl sites for hydroxylation is 2. The van der Waals surface area contributed by atoms with E-state index in [0.717, 1.165) is 16.7 Å². The van der Waals surface area contributed by atoms with Gasteiger partial charge in [0.1, 0.15) is 16.1 Å². The average Bonchev–Trinajstić information content (AvgIpc) is 2.81. The fourth-order valence-electron chi connectivity index (χ4n) is 1.76. The molecule has 5 heteroatoms. The molecule has 2 rings (SSSR count). The molecule has 0 spiro atoms. The summed E-state index contributed by atoms with van der Waals surface area (Å²) < 4.78 is 5.13. The zero-order chi connectivity index (χ0) is 13.3. The van der Waals surface area contributed by atoms with Crippen LogP contribution in [0, 0.1) is 24.0 Å². The number of rotatable bonds is 3. The van der Waals surface area contributed by atoms with Crippen LogP contribution >= 0.6 is 11.6 Å². The molecule has 0 aliphatic rings. The van der Waals surface area contributed by atoms with E-state index in [0.29, 0.717) is 5.76 Å². The van der Waals surface area contributed by atoms with Crippen molar-refractivity contribution in [2.24, 2.45) is 0 Å². The second-order valence-corrected chi connectivity index (χ2v) is 4.59. The molecule has 0 aliphatic carbocycles. The van der Waals surface area contributed by atoms with E-state index < -0.39 is 10.3 Å². The average molecular weight is 266 g/mol. The van der Waals surface area contributed by atoms with Crippen LogP contribution in [0.25, 0.3) is 0 Å². The third kappa shape index (κ3) is 2.38. The molecular weight excluding hydrogens is 254 g/mol. The molecule has 4 nitrogen and oxygen atoms in total. The molecule has 0 aliphatic heterocycles. The van der Waals surface area contributed by atoms with E-state index in [2.05, 4.69) is 0 Å². The van der Waals surface area contributed by atoms with Gasteiger partial charge >= 0.3 is 5.88 Å². The summed E-state index contributed by atoms with van der Waals surface area (Å²) in [6.45, 7) is 3.92. The van der Waals surface area contributed by atoms with Crippen LogP contribution in [0.2, 0.25) is 0 Å². The van der Waals surface area contributed by atoms with E-state index in [1.54, 1.807) is 0 Å². The highest BCUT2D eigenvalue weighted by Gasteiger charge is 2.20. The van der Waals surface area contributed by atoms with Crippen LogP contribution in [0.1, 0.15) is 27.8 Å². The molecule has 0 radical (unpaired) electrons. The van der Waals surface area contributed by atoms with Gasteiger partial charge in [0.15, 0.2) is 0 Å². The van der Waals surface area contributed by atoms with Gasteiger partial charge in [0.2, 0.25) is 0 Å². The number of nitro groups is 1. The fourth-order valence-corrected chi connectivity index (χ4v) is 2.12. The van der Waals surface area contributed by atoms with Gasteiger partial charge < -0.3 is 4.42 Å². The second kappa shape index (κ2) is 4.82. The number of furan rings is 1. The van der Waals surface area contributed by atoms with E-state index >= 15 is 0 Å². The van der Waals surface area contributed by atoms with Crippen LogP contribution in [0.15, 0.2) is 34.7 Å². The Morgan fingerprint density at radius 2 is 2.00 bits per heavy atom. The lowest BCUT2D eigenvalue weighted by atomic mass is 10.0. The maximum absolute atomic E-state index is 10.6. The molecule has 94 valence electrons. The van der Waals surface area contributed by atoms with E-state index in [1.807, 2.05) is 32.0 Å². The molecule has 2 aromatic rings. The third-order valence-electron chi connectivity index (χ3n) is 2.75. The van der Waals surface area contributed by atoms with Crippen LogP contribution in [-0.4, -0.2) is 4.92 Å². The molecule has 1 aromatic carbocycles. The summed E-state index contributed by atoms with van der Waals surface area (Å²) in [4.78, 5) is 9.99. The highest BCUT2D eigenvalue weighted by atomic mass is 35.5. The first-order valence-electron chi connectivity index (χ1n) is 5.44. The Balaban J connectivity index is 2.37. The van der Waals surface area contributed by atoms with Crippen LogP contribution < -0.4 is 0 Å². The Bertz CT molecular complexity index is 592. The van der Waals surface area contributed by atoms with Crippen molar-refractivity contribution in [1.29, 1.82) is 0 Å². The first kappa shape index (κ1) is 12.6. The minimum atomic E-state index is -0.573. The smallest absolute Gasteiger partial charge is 0.404 e. The molecule has 1 atom stereocenters. The minimum absolute atomic E-state index is 0.291. The Morgan fingerprint density at radius 1 is 1.28 bits per heavy atom. The minimum Gasteiger partial charge on any atom is -0.404 e. The lowest BCUT2D eigenvalue weighted by molar-refractivity contribution is -0.402. The first-order chi connectivity index (χ1) is 8.49. The predicted molar refractivity (Wildman–Crippen MR) is 69.0 cm³/mol. The topological polar surface area (TPSA) is 56.3 Å². The summed E-state index contributed by atoms with van der Waals surface area (Å²) in [6, 6.07) is 8.78. The summed E-state index contributed by atoms with van der Waals surface area (Å²) in [6.07, 6.45) is 0. The normalized spacial score (nSPS) is 12.4. The Morgan fingerprint density at radius 3 is 2.61 bits per heavy atom. The van der Waals surface area contributed by atoms with Crippen molar-refractivity contribution in [1.82, 2.24) is 0 Å². The SMILES string of the molecule is Cc1ccc(C)c(C(Cl)c2ccc([N+](=O)[O-])o2)c1. The molecule has 0 fully saturated rings. The molecule has 0 saturated carbocycles. The molecule has 0 amide bonds. The van der Waals surface area contributed by atoms with Crippen LogP contribution in [-0.2, 0) is 0 Å². The molecule has 0 bridgehead atoms. The Kier molecular flexibility index (Phi) is 3.39. The van der Waals surface area contributed by atoms with Gasteiger partial charge in [0.25, 0.3) is 0 Å². The Labute approximate surface area is 109 Å². The predicted octanol–water partition coefficient (Wildman–Crippen LogP) is 4.13. The number of alkyl halides is 1. The van der Waals surface area contributed by atoms with Gasteiger partial charge in [-0.25, -0.2) is 0 Å². The van der Waals surface area contributed by atoms with Crippen molar-refractivity contribution in [2.45, 2.75) is 19.2 Å². The zero-order valence-corrected chi connectivity index (χ0v) is 10.8. The molecule has 1 aromatic heterocycles. The molecule has 18 heavy (non-hydrogen) atoms. The fraction of sp³-hybridized carbons (Fsp3) is 0.231. The highest BCUT2D eigenvalue weighted by Crippen LogP contribution is 2.34. The number of hydrogen-bond donors (Lipinski definition) is 0. The maximum atomic E-state index is 10.6. The first-order valence-corrected chi connectivity index (χ1v) is 5.88. The van der Waals surface area contributed by atoms with Crippen molar-refractivity contribution in [3.63, 3.8) is 0 Å². The monoisotopic (exact) mass is 265 g/mol. The zero-order valence-electron chi connectivity index (χ0n) is 10.0. The van der Waals surface area contributed by atoms with Gasteiger partial charge in [-0.15, -0.1) is 11.6 Å². The summed E-state index contributed by atoms with van der Waals surface area (Å²) >= 11 is 6.31. The number of halogens is 1. The molecule has 0 saturated heterocycles. The van der Waals surface area contributed by atoms with Crippen molar-refractivity contribution < 1.29 is 9.34 Å². The van der Waals surface area contributed by atoms with E-state index in [1.165, 1.54) is 12.1 Å². The van der Waals surface area contributed by atoms with E-state index in [4.69, 9.17) is 16.0 Å². The van der Waals surface area contributed by atoms with Crippen LogP contribution in [0.3, 0.4) is 0 Å². The largest absolute Gasteiger partial charge is 0.433 e. The van der Waals surface area contributed by atoms with Gasteiger partial charge in [0.05, 0.1) is 6.07 Å². The van der Waals surface area contributed by atoms with Gasteiger partial charge in [-0.05, 0) is 31.0 Å². The van der Waals surface area contributed by atoms with E-state index in [-0.39, 0.29) is 5.88 Å². The second-order valence-electron chi connectivity index (χ2n) is 4.16. The maximum Gasteiger partial charge on any atom is 0.433 e. The van der Waals surface area contributed by atoms with Gasteiger partial charge in [-0.2, -0.15) is 0 Å². The quantitative estimate of drug-likeness (QED) is 0.476. The molecule has 1 unspecified atom stereocenters. The van der Waals surface area contributed by atoms with Crippen LogP contribution in [0.5, 0.6) is 0 Å². The van der Waals surface area contributed by atoms with Crippen molar-refractivity contribution in [2.75, 3.05) is 0 Å². The summed E-state index contributed by atoms with van der Waals surface area (Å²) in [5.74, 6) is 0.0954. The van der Waals surface area contributed by atoms with Gasteiger partial charge in [-0.1, -0.05) is 23.8 Å². The number of benzene rings is 1. The molecule has 0 N–H and O–H groups in total. The standard InChI is InChI=1S/C13H12ClNO3/c1-8-3-4-9(2)10(7-8)13(14)11-5-6-12(18-11)15(16)17/h3-7,13H,1-2H3. The molecule has 1 heterocycles. The lowest BCUT2D eigenvalue weighted by Gasteiger charge is -2.11. The van der Waals surface area contributed by atoms with Crippen molar-refractivity contribution in [3.8, 4) is 0 Å². The Hall–Kier alpha value is -1.81. The van der Waals surface area contributed by atoms with Gasteiger partial charge in [0, 0.05) is 0 Å². The van der Waals surface area contributed by atoms with Crippen LogP contribution in [0.4, 0.5) is 5.88 Å². The lowest BCUT2D eigenvalue weighted by Crippen LogP contribution is -1.95. The van der Waals surface area contributed by atoms with Gasteiger partial charge in [-0.3, -0.25) is 10.1 Å². The summed E-state index contributed by atoms with van der Waals surface area (Å²) in [5, 5.41) is 10.0. The third-order valence-corrected chi connectivity index (χ3v) is 3.20. The summed E-state index contributed by atoms with van der Waals surface area (Å²) in [7, 11) is 0. The highest BCUT2D eigenvalue weighted by molar-refractivity contribution is 6.22. The summed E-state index contributed by atoms with van der Waals surface area (Å²) in [5.41, 5.74) is 3.02.